The molecular formula is C17H17FN2O2. The van der Waals surface area contributed by atoms with Crippen molar-refractivity contribution in [3.05, 3.63) is 59.7 Å². The van der Waals surface area contributed by atoms with Crippen LogP contribution in [0.25, 0.3) is 0 Å². The molecular weight excluding hydrogens is 283 g/mol. The number of carbonyl (C=O) groups is 2. The first-order valence-corrected chi connectivity index (χ1v) is 6.85. The van der Waals surface area contributed by atoms with Crippen molar-refractivity contribution in [1.82, 2.24) is 4.98 Å². The van der Waals surface area contributed by atoms with Crippen molar-refractivity contribution in [2.24, 2.45) is 5.41 Å². The van der Waals surface area contributed by atoms with Crippen molar-refractivity contribution in [1.29, 1.82) is 0 Å². The monoisotopic (exact) mass is 300 g/mol. The molecule has 1 N–H and O–H groups in total. The normalized spacial score (nSPS) is 11.1. The predicted octanol–water partition coefficient (Wildman–Crippen LogP) is 3.44. The van der Waals surface area contributed by atoms with Crippen LogP contribution in [0.15, 0.2) is 42.7 Å². The van der Waals surface area contributed by atoms with E-state index < -0.39 is 11.2 Å². The lowest BCUT2D eigenvalue weighted by atomic mass is 9.95. The number of ketones is 1. The third-order valence-electron chi connectivity index (χ3n) is 3.08. The van der Waals surface area contributed by atoms with E-state index in [0.717, 1.165) is 6.07 Å². The second-order valence-electron chi connectivity index (χ2n) is 5.96. The first-order chi connectivity index (χ1) is 10.3. The number of amides is 1. The molecule has 0 unspecified atom stereocenters. The maximum atomic E-state index is 13.3. The SMILES string of the molecule is CC(C)(C)C(=O)Nc1cnccc1C(=O)c1cccc(F)c1. The fourth-order valence-electron chi connectivity index (χ4n) is 1.79. The van der Waals surface area contributed by atoms with Crippen LogP contribution in [0.4, 0.5) is 10.1 Å². The predicted molar refractivity (Wildman–Crippen MR) is 82.2 cm³/mol. The van der Waals surface area contributed by atoms with Crippen molar-refractivity contribution >= 4 is 17.4 Å². The van der Waals surface area contributed by atoms with E-state index in [1.54, 1.807) is 20.8 Å². The molecule has 0 bridgehead atoms. The molecule has 4 nitrogen and oxygen atoms in total. The van der Waals surface area contributed by atoms with Crippen LogP contribution < -0.4 is 5.32 Å². The van der Waals surface area contributed by atoms with Crippen molar-refractivity contribution in [3.63, 3.8) is 0 Å². The highest BCUT2D eigenvalue weighted by molar-refractivity contribution is 6.13. The number of nitrogens with one attached hydrogen (secondary N) is 1. The zero-order valence-electron chi connectivity index (χ0n) is 12.7. The van der Waals surface area contributed by atoms with Gasteiger partial charge in [-0.05, 0) is 18.2 Å². The Morgan fingerprint density at radius 1 is 1.18 bits per heavy atom. The molecule has 1 aromatic heterocycles. The molecule has 1 heterocycles. The van der Waals surface area contributed by atoms with Crippen molar-refractivity contribution in [3.8, 4) is 0 Å². The van der Waals surface area contributed by atoms with Gasteiger partial charge in [0.15, 0.2) is 5.78 Å². The standard InChI is InChI=1S/C17H17FN2O2/c1-17(2,3)16(22)20-14-10-19-8-7-13(14)15(21)11-5-4-6-12(18)9-11/h4-10H,1-3H3,(H,20,22). The average Bonchev–Trinajstić information content (AvgIpc) is 2.46. The van der Waals surface area contributed by atoms with Gasteiger partial charge < -0.3 is 5.32 Å². The summed E-state index contributed by atoms with van der Waals surface area (Å²) < 4.78 is 13.3. The number of pyridine rings is 1. The molecule has 1 aromatic carbocycles. The van der Waals surface area contributed by atoms with Crippen LogP contribution in [-0.4, -0.2) is 16.7 Å². The van der Waals surface area contributed by atoms with Gasteiger partial charge in [-0.2, -0.15) is 0 Å². The third-order valence-corrected chi connectivity index (χ3v) is 3.08. The van der Waals surface area contributed by atoms with Gasteiger partial charge in [0, 0.05) is 22.7 Å². The molecule has 0 radical (unpaired) electrons. The Morgan fingerprint density at radius 2 is 1.91 bits per heavy atom. The van der Waals surface area contributed by atoms with Gasteiger partial charge in [-0.25, -0.2) is 4.39 Å². The summed E-state index contributed by atoms with van der Waals surface area (Å²) in [6, 6.07) is 6.94. The highest BCUT2D eigenvalue weighted by Crippen LogP contribution is 2.22. The molecule has 22 heavy (non-hydrogen) atoms. The van der Waals surface area contributed by atoms with E-state index >= 15 is 0 Å². The van der Waals surface area contributed by atoms with Gasteiger partial charge in [0.25, 0.3) is 0 Å². The Balaban J connectivity index is 2.36. The summed E-state index contributed by atoms with van der Waals surface area (Å²) in [6.45, 7) is 5.31. The lowest BCUT2D eigenvalue weighted by molar-refractivity contribution is -0.123. The van der Waals surface area contributed by atoms with E-state index in [-0.39, 0.29) is 22.8 Å². The van der Waals surface area contributed by atoms with Gasteiger partial charge in [-0.3, -0.25) is 14.6 Å². The largest absolute Gasteiger partial charge is 0.324 e. The highest BCUT2D eigenvalue weighted by Gasteiger charge is 2.23. The summed E-state index contributed by atoms with van der Waals surface area (Å²) in [6.07, 6.45) is 2.87. The molecule has 0 aliphatic carbocycles. The van der Waals surface area contributed by atoms with Gasteiger partial charge in [0.1, 0.15) is 5.82 Å². The fourth-order valence-corrected chi connectivity index (χ4v) is 1.79. The quantitative estimate of drug-likeness (QED) is 0.883. The second kappa shape index (κ2) is 6.05. The third kappa shape index (κ3) is 3.55. The maximum Gasteiger partial charge on any atom is 0.229 e. The minimum Gasteiger partial charge on any atom is -0.324 e. The number of hydrogen-bond acceptors (Lipinski definition) is 3. The molecule has 0 spiro atoms. The second-order valence-corrected chi connectivity index (χ2v) is 5.96. The minimum atomic E-state index is -0.602. The Morgan fingerprint density at radius 3 is 2.55 bits per heavy atom. The lowest BCUT2D eigenvalue weighted by Gasteiger charge is -2.18. The molecule has 0 aliphatic heterocycles. The van der Waals surface area contributed by atoms with Crippen LogP contribution in [0, 0.1) is 11.2 Å². The zero-order chi connectivity index (χ0) is 16.3. The van der Waals surface area contributed by atoms with Crippen LogP contribution in [-0.2, 0) is 4.79 Å². The van der Waals surface area contributed by atoms with Crippen LogP contribution in [0.1, 0.15) is 36.7 Å². The van der Waals surface area contributed by atoms with Crippen molar-refractivity contribution in [2.75, 3.05) is 5.32 Å². The molecule has 2 aromatic rings. The lowest BCUT2D eigenvalue weighted by Crippen LogP contribution is -2.28. The molecule has 114 valence electrons. The smallest absolute Gasteiger partial charge is 0.229 e. The zero-order valence-corrected chi connectivity index (χ0v) is 12.7. The van der Waals surface area contributed by atoms with E-state index in [1.165, 1.54) is 36.7 Å². The molecule has 0 saturated carbocycles. The maximum absolute atomic E-state index is 13.3. The van der Waals surface area contributed by atoms with Gasteiger partial charge in [0.05, 0.1) is 11.9 Å². The van der Waals surface area contributed by atoms with Gasteiger partial charge in [-0.1, -0.05) is 32.9 Å². The molecule has 0 atom stereocenters. The molecule has 0 saturated heterocycles. The van der Waals surface area contributed by atoms with E-state index in [9.17, 15) is 14.0 Å². The minimum absolute atomic E-state index is 0.220. The van der Waals surface area contributed by atoms with Crippen molar-refractivity contribution in [2.45, 2.75) is 20.8 Å². The first kappa shape index (κ1) is 15.8. The number of carbonyl (C=O) groups excluding carboxylic acids is 2. The summed E-state index contributed by atoms with van der Waals surface area (Å²) in [5.41, 5.74) is 0.210. The Bertz CT molecular complexity index is 721. The van der Waals surface area contributed by atoms with Gasteiger partial charge >= 0.3 is 0 Å². The van der Waals surface area contributed by atoms with Crippen LogP contribution in [0.5, 0.6) is 0 Å². The van der Waals surface area contributed by atoms with Crippen LogP contribution in [0.3, 0.4) is 0 Å². The van der Waals surface area contributed by atoms with Crippen LogP contribution in [0.2, 0.25) is 0 Å². The van der Waals surface area contributed by atoms with E-state index in [1.807, 2.05) is 0 Å². The van der Waals surface area contributed by atoms with Crippen LogP contribution >= 0.6 is 0 Å². The Labute approximate surface area is 128 Å². The summed E-state index contributed by atoms with van der Waals surface area (Å²) in [5, 5.41) is 2.70. The number of aromatic nitrogens is 1. The summed E-state index contributed by atoms with van der Waals surface area (Å²) >= 11 is 0. The Hall–Kier alpha value is -2.56. The number of hydrogen-bond donors (Lipinski definition) is 1. The molecule has 0 aliphatic rings. The van der Waals surface area contributed by atoms with Crippen molar-refractivity contribution < 1.29 is 14.0 Å². The molecule has 1 amide bonds. The Kier molecular flexibility index (Phi) is 4.35. The van der Waals surface area contributed by atoms with E-state index in [4.69, 9.17) is 0 Å². The molecule has 5 heteroatoms. The number of nitrogens with zero attached hydrogens (tertiary/aromatic N) is 1. The van der Waals surface area contributed by atoms with E-state index in [0.29, 0.717) is 5.69 Å². The van der Waals surface area contributed by atoms with Gasteiger partial charge in [-0.15, -0.1) is 0 Å². The summed E-state index contributed by atoms with van der Waals surface area (Å²) in [4.78, 5) is 28.5. The number of rotatable bonds is 3. The fraction of sp³-hybridized carbons (Fsp3) is 0.235. The highest BCUT2D eigenvalue weighted by atomic mass is 19.1. The summed E-state index contributed by atoms with van der Waals surface area (Å²) in [5.74, 6) is -1.08. The first-order valence-electron chi connectivity index (χ1n) is 6.85. The number of benzene rings is 1. The number of halogens is 1. The van der Waals surface area contributed by atoms with Gasteiger partial charge in [0.2, 0.25) is 5.91 Å². The summed E-state index contributed by atoms with van der Waals surface area (Å²) in [7, 11) is 0. The molecule has 2 rings (SSSR count). The topological polar surface area (TPSA) is 59.1 Å². The average molecular weight is 300 g/mol. The number of anilines is 1. The molecule has 0 fully saturated rings. The van der Waals surface area contributed by atoms with E-state index in [2.05, 4.69) is 10.3 Å².